The van der Waals surface area contributed by atoms with E-state index in [1.165, 1.54) is 17.6 Å². The molecule has 3 rings (SSSR count). The van der Waals surface area contributed by atoms with Gasteiger partial charge in [0.1, 0.15) is 11.5 Å². The van der Waals surface area contributed by atoms with Gasteiger partial charge in [-0.3, -0.25) is 4.79 Å². The molecule has 7 heteroatoms. The molecule has 0 saturated carbocycles. The highest BCUT2D eigenvalue weighted by molar-refractivity contribution is 7.12. The summed E-state index contributed by atoms with van der Waals surface area (Å²) in [6.07, 6.45) is 1.42. The van der Waals surface area contributed by atoms with Crippen LogP contribution in [0.5, 0.6) is 0 Å². The Kier molecular flexibility index (Phi) is 4.81. The van der Waals surface area contributed by atoms with Crippen LogP contribution in [0.4, 0.5) is 0 Å². The van der Waals surface area contributed by atoms with Crippen LogP contribution < -0.4 is 5.43 Å². The molecule has 2 aromatic heterocycles. The molecule has 4 nitrogen and oxygen atoms in total. The molecule has 0 aliphatic heterocycles. The summed E-state index contributed by atoms with van der Waals surface area (Å²) in [5, 5.41) is 6.59. The molecule has 1 N–H and O–H groups in total. The first-order valence-electron chi connectivity index (χ1n) is 6.56. The molecule has 0 spiro atoms. The summed E-state index contributed by atoms with van der Waals surface area (Å²) in [4.78, 5) is 12.3. The summed E-state index contributed by atoms with van der Waals surface area (Å²) in [5.41, 5.74) is 3.13. The van der Waals surface area contributed by atoms with E-state index in [0.29, 0.717) is 32.0 Å². The van der Waals surface area contributed by atoms with Gasteiger partial charge < -0.3 is 4.42 Å². The van der Waals surface area contributed by atoms with Crippen LogP contribution in [0.3, 0.4) is 0 Å². The lowest BCUT2D eigenvalue weighted by Crippen LogP contribution is -2.15. The normalized spacial score (nSPS) is 11.0. The second kappa shape index (κ2) is 7.00. The molecule has 3 aromatic rings. The average Bonchev–Trinajstić information content (AvgIpc) is 3.21. The Morgan fingerprint density at radius 2 is 2.04 bits per heavy atom. The van der Waals surface area contributed by atoms with Gasteiger partial charge in [0.15, 0.2) is 0 Å². The van der Waals surface area contributed by atoms with E-state index in [-0.39, 0.29) is 5.91 Å². The minimum absolute atomic E-state index is 0.263. The van der Waals surface area contributed by atoms with Crippen molar-refractivity contribution in [3.8, 4) is 11.3 Å². The van der Waals surface area contributed by atoms with E-state index in [4.69, 9.17) is 27.6 Å². The quantitative estimate of drug-likeness (QED) is 0.518. The fraction of sp³-hybridized carbons (Fsp3) is 0. The number of furan rings is 1. The molecule has 0 radical (unpaired) electrons. The molecule has 0 atom stereocenters. The zero-order valence-electron chi connectivity index (χ0n) is 11.6. The van der Waals surface area contributed by atoms with E-state index in [2.05, 4.69) is 10.5 Å². The third kappa shape index (κ3) is 3.64. The van der Waals surface area contributed by atoms with E-state index >= 15 is 0 Å². The van der Waals surface area contributed by atoms with Gasteiger partial charge in [-0.1, -0.05) is 35.3 Å². The van der Waals surface area contributed by atoms with Crippen molar-refractivity contribution >= 4 is 46.7 Å². The highest BCUT2D eigenvalue weighted by Gasteiger charge is 2.10. The predicted octanol–water partition coefficient (Wildman–Crippen LogP) is 5.08. The summed E-state index contributed by atoms with van der Waals surface area (Å²) in [6, 6.07) is 12.3. The number of nitrogens with one attached hydrogen (secondary N) is 1. The number of halogens is 2. The first kappa shape index (κ1) is 15.8. The number of amides is 1. The molecule has 0 aliphatic rings. The first-order valence-corrected chi connectivity index (χ1v) is 8.20. The number of carbonyl (C=O) groups excluding carboxylic acids is 1. The van der Waals surface area contributed by atoms with Gasteiger partial charge in [-0.25, -0.2) is 5.43 Å². The van der Waals surface area contributed by atoms with Crippen LogP contribution >= 0.6 is 34.5 Å². The molecule has 1 aromatic carbocycles. The fourth-order valence-electron chi connectivity index (χ4n) is 1.88. The SMILES string of the molecule is O=C(NN=Cc1ccc(-c2cccc(Cl)c2Cl)o1)c1cccs1. The van der Waals surface area contributed by atoms with Crippen molar-refractivity contribution in [3.63, 3.8) is 0 Å². The Morgan fingerprint density at radius 1 is 1.17 bits per heavy atom. The lowest BCUT2D eigenvalue weighted by molar-refractivity contribution is 0.0959. The summed E-state index contributed by atoms with van der Waals surface area (Å²) in [7, 11) is 0. The van der Waals surface area contributed by atoms with Gasteiger partial charge in [-0.15, -0.1) is 11.3 Å². The van der Waals surface area contributed by atoms with Crippen molar-refractivity contribution in [2.45, 2.75) is 0 Å². The van der Waals surface area contributed by atoms with Gasteiger partial charge in [-0.2, -0.15) is 5.10 Å². The topological polar surface area (TPSA) is 54.6 Å². The zero-order chi connectivity index (χ0) is 16.2. The van der Waals surface area contributed by atoms with Crippen LogP contribution in [-0.4, -0.2) is 12.1 Å². The molecular weight excluding hydrogens is 355 g/mol. The van der Waals surface area contributed by atoms with Crippen LogP contribution in [0, 0.1) is 0 Å². The van der Waals surface area contributed by atoms with Crippen molar-refractivity contribution in [2.75, 3.05) is 0 Å². The van der Waals surface area contributed by atoms with Gasteiger partial charge >= 0.3 is 0 Å². The van der Waals surface area contributed by atoms with Crippen LogP contribution in [-0.2, 0) is 0 Å². The molecule has 1 amide bonds. The molecule has 0 fully saturated rings. The number of hydrazone groups is 1. The van der Waals surface area contributed by atoms with Gasteiger partial charge in [-0.05, 0) is 35.7 Å². The summed E-state index contributed by atoms with van der Waals surface area (Å²) >= 11 is 13.5. The Balaban J connectivity index is 1.71. The molecule has 116 valence electrons. The van der Waals surface area contributed by atoms with Crippen molar-refractivity contribution in [1.82, 2.24) is 5.43 Å². The van der Waals surface area contributed by atoms with Crippen molar-refractivity contribution in [1.29, 1.82) is 0 Å². The van der Waals surface area contributed by atoms with Gasteiger partial charge in [0.2, 0.25) is 0 Å². The number of hydrogen-bond donors (Lipinski definition) is 1. The van der Waals surface area contributed by atoms with Crippen LogP contribution in [0.2, 0.25) is 10.0 Å². The Bertz CT molecular complexity index is 857. The second-order valence-corrected chi connectivity index (χ2v) is 6.21. The van der Waals surface area contributed by atoms with E-state index in [9.17, 15) is 4.79 Å². The maximum atomic E-state index is 11.7. The van der Waals surface area contributed by atoms with E-state index in [1.54, 1.807) is 36.4 Å². The maximum Gasteiger partial charge on any atom is 0.281 e. The molecule has 0 unspecified atom stereocenters. The van der Waals surface area contributed by atoms with Crippen LogP contribution in [0.15, 0.2) is 57.4 Å². The monoisotopic (exact) mass is 364 g/mol. The molecule has 0 bridgehead atoms. The zero-order valence-corrected chi connectivity index (χ0v) is 14.0. The first-order chi connectivity index (χ1) is 11.1. The molecule has 0 saturated heterocycles. The average molecular weight is 365 g/mol. The van der Waals surface area contributed by atoms with E-state index in [1.807, 2.05) is 11.4 Å². The third-order valence-electron chi connectivity index (χ3n) is 2.95. The predicted molar refractivity (Wildman–Crippen MR) is 93.5 cm³/mol. The lowest BCUT2D eigenvalue weighted by atomic mass is 10.2. The Hall–Kier alpha value is -2.08. The van der Waals surface area contributed by atoms with E-state index < -0.39 is 0 Å². The van der Waals surface area contributed by atoms with Crippen LogP contribution in [0.25, 0.3) is 11.3 Å². The van der Waals surface area contributed by atoms with Crippen molar-refractivity contribution in [3.05, 3.63) is 68.5 Å². The number of benzene rings is 1. The highest BCUT2D eigenvalue weighted by atomic mass is 35.5. The standard InChI is InChI=1S/C16H10Cl2N2O2S/c17-12-4-1-3-11(15(12)18)13-7-6-10(22-13)9-19-20-16(21)14-5-2-8-23-14/h1-9H,(H,20,21). The summed E-state index contributed by atoms with van der Waals surface area (Å²) in [5.74, 6) is 0.798. The third-order valence-corrected chi connectivity index (χ3v) is 4.63. The Morgan fingerprint density at radius 3 is 2.83 bits per heavy atom. The number of rotatable bonds is 4. The summed E-state index contributed by atoms with van der Waals surface area (Å²) < 4.78 is 5.64. The number of carbonyl (C=O) groups is 1. The van der Waals surface area contributed by atoms with Crippen molar-refractivity contribution in [2.24, 2.45) is 5.10 Å². The molecule has 2 heterocycles. The lowest BCUT2D eigenvalue weighted by Gasteiger charge is -2.01. The van der Waals surface area contributed by atoms with Crippen LogP contribution in [0.1, 0.15) is 15.4 Å². The maximum absolute atomic E-state index is 11.7. The minimum Gasteiger partial charge on any atom is -0.455 e. The van der Waals surface area contributed by atoms with Gasteiger partial charge in [0.25, 0.3) is 5.91 Å². The Labute approximate surface area is 146 Å². The highest BCUT2D eigenvalue weighted by Crippen LogP contribution is 2.34. The number of thiophene rings is 1. The van der Waals surface area contributed by atoms with Crippen molar-refractivity contribution < 1.29 is 9.21 Å². The van der Waals surface area contributed by atoms with Gasteiger partial charge in [0.05, 0.1) is 21.1 Å². The number of hydrogen-bond acceptors (Lipinski definition) is 4. The fourth-order valence-corrected chi connectivity index (χ4v) is 2.89. The summed E-state index contributed by atoms with van der Waals surface area (Å²) in [6.45, 7) is 0. The second-order valence-electron chi connectivity index (χ2n) is 4.48. The molecule has 0 aliphatic carbocycles. The van der Waals surface area contributed by atoms with Gasteiger partial charge in [0, 0.05) is 5.56 Å². The largest absolute Gasteiger partial charge is 0.455 e. The minimum atomic E-state index is -0.263. The smallest absolute Gasteiger partial charge is 0.281 e. The van der Waals surface area contributed by atoms with E-state index in [0.717, 1.165) is 0 Å². The molecular formula is C16H10Cl2N2O2S. The number of nitrogens with zero attached hydrogens (tertiary/aromatic N) is 1. The molecule has 23 heavy (non-hydrogen) atoms.